The van der Waals surface area contributed by atoms with E-state index >= 15 is 0 Å². The summed E-state index contributed by atoms with van der Waals surface area (Å²) in [4.78, 5) is 2.62. The van der Waals surface area contributed by atoms with Crippen LogP contribution in [0.25, 0.3) is 0 Å². The van der Waals surface area contributed by atoms with Gasteiger partial charge in [0.1, 0.15) is 0 Å². The molecule has 1 spiro atoms. The van der Waals surface area contributed by atoms with Crippen LogP contribution in [0.1, 0.15) is 44.1 Å². The second-order valence-corrected chi connectivity index (χ2v) is 7.28. The lowest BCUT2D eigenvalue weighted by atomic mass is 9.81. The molecule has 0 bridgehead atoms. The smallest absolute Gasteiger partial charge is 0.0407 e. The van der Waals surface area contributed by atoms with Crippen LogP contribution in [0, 0.1) is 6.92 Å². The van der Waals surface area contributed by atoms with Gasteiger partial charge in [0.15, 0.2) is 0 Å². The number of rotatable bonds is 1. The van der Waals surface area contributed by atoms with E-state index in [1.165, 1.54) is 73.9 Å². The lowest BCUT2D eigenvalue weighted by Gasteiger charge is -2.41. The molecule has 0 unspecified atom stereocenters. The minimum atomic E-state index is 0.365. The van der Waals surface area contributed by atoms with Crippen molar-refractivity contribution in [1.82, 2.24) is 5.32 Å². The summed E-state index contributed by atoms with van der Waals surface area (Å²) in [7, 11) is 0. The molecular weight excluding hydrogens is 312 g/mol. The van der Waals surface area contributed by atoms with Crippen molar-refractivity contribution < 1.29 is 0 Å². The standard InChI is InChI=1S/C17H25BrN2/c1-14-15(18)7-5-8-16(14)20-12-6-11-19-17(13-20)9-3-2-4-10-17/h5,7-8,19H,2-4,6,9-13H2,1H3. The topological polar surface area (TPSA) is 15.3 Å². The highest BCUT2D eigenvalue weighted by molar-refractivity contribution is 9.10. The molecule has 1 aliphatic heterocycles. The molecule has 3 heteroatoms. The van der Waals surface area contributed by atoms with E-state index in [0.29, 0.717) is 5.54 Å². The highest BCUT2D eigenvalue weighted by Gasteiger charge is 2.35. The van der Waals surface area contributed by atoms with E-state index in [4.69, 9.17) is 0 Å². The van der Waals surface area contributed by atoms with Crippen molar-refractivity contribution in [1.29, 1.82) is 0 Å². The molecule has 0 aromatic heterocycles. The molecule has 2 nitrogen and oxygen atoms in total. The van der Waals surface area contributed by atoms with Crippen molar-refractivity contribution in [3.63, 3.8) is 0 Å². The maximum Gasteiger partial charge on any atom is 0.0407 e. The molecule has 2 fully saturated rings. The fourth-order valence-electron chi connectivity index (χ4n) is 3.83. The van der Waals surface area contributed by atoms with E-state index in [1.54, 1.807) is 0 Å². The Morgan fingerprint density at radius 3 is 2.75 bits per heavy atom. The molecular formula is C17H25BrN2. The molecule has 110 valence electrons. The summed E-state index contributed by atoms with van der Waals surface area (Å²) in [6.07, 6.45) is 8.12. The van der Waals surface area contributed by atoms with Gasteiger partial charge in [0.25, 0.3) is 0 Å². The quantitative estimate of drug-likeness (QED) is 0.824. The van der Waals surface area contributed by atoms with Crippen LogP contribution in [0.4, 0.5) is 5.69 Å². The first-order valence-electron chi connectivity index (χ1n) is 7.95. The van der Waals surface area contributed by atoms with Gasteiger partial charge in [0.2, 0.25) is 0 Å². The van der Waals surface area contributed by atoms with E-state index in [9.17, 15) is 0 Å². The van der Waals surface area contributed by atoms with Gasteiger partial charge in [-0.15, -0.1) is 0 Å². The Labute approximate surface area is 131 Å². The molecule has 20 heavy (non-hydrogen) atoms. The van der Waals surface area contributed by atoms with Crippen LogP contribution in [0.3, 0.4) is 0 Å². The Morgan fingerprint density at radius 2 is 1.95 bits per heavy atom. The maximum atomic E-state index is 3.88. The number of anilines is 1. The molecule has 2 aliphatic rings. The summed E-state index contributed by atoms with van der Waals surface area (Å²) < 4.78 is 1.23. The third-order valence-electron chi connectivity index (χ3n) is 4.99. The van der Waals surface area contributed by atoms with Crippen LogP contribution in [-0.4, -0.2) is 25.2 Å². The summed E-state index contributed by atoms with van der Waals surface area (Å²) in [6, 6.07) is 6.59. The SMILES string of the molecule is Cc1c(Br)cccc1N1CCCNC2(CCCCC2)C1. The first-order chi connectivity index (χ1) is 9.70. The highest BCUT2D eigenvalue weighted by atomic mass is 79.9. The normalized spacial score (nSPS) is 22.8. The van der Waals surface area contributed by atoms with Crippen molar-refractivity contribution in [2.24, 2.45) is 0 Å². The molecule has 0 radical (unpaired) electrons. The molecule has 1 aliphatic carbocycles. The summed E-state index contributed by atoms with van der Waals surface area (Å²) in [5.41, 5.74) is 3.15. The third kappa shape index (κ3) is 2.89. The average Bonchev–Trinajstić information content (AvgIpc) is 2.66. The van der Waals surface area contributed by atoms with Crippen molar-refractivity contribution in [3.05, 3.63) is 28.2 Å². The Morgan fingerprint density at radius 1 is 1.15 bits per heavy atom. The summed E-state index contributed by atoms with van der Waals surface area (Å²) >= 11 is 3.68. The van der Waals surface area contributed by atoms with Gasteiger partial charge in [0, 0.05) is 28.8 Å². The first kappa shape index (κ1) is 14.4. The predicted molar refractivity (Wildman–Crippen MR) is 89.5 cm³/mol. The van der Waals surface area contributed by atoms with Crippen molar-refractivity contribution in [3.8, 4) is 0 Å². The molecule has 3 rings (SSSR count). The zero-order chi connectivity index (χ0) is 14.0. The number of nitrogens with zero attached hydrogens (tertiary/aromatic N) is 1. The van der Waals surface area contributed by atoms with Crippen LogP contribution in [-0.2, 0) is 0 Å². The van der Waals surface area contributed by atoms with E-state index in [-0.39, 0.29) is 0 Å². The lowest BCUT2D eigenvalue weighted by Crippen LogP contribution is -2.52. The Bertz CT molecular complexity index is 466. The second kappa shape index (κ2) is 6.07. The predicted octanol–water partition coefficient (Wildman–Crippen LogP) is 4.26. The Hall–Kier alpha value is -0.540. The summed E-state index contributed by atoms with van der Waals surface area (Å²) in [5, 5.41) is 3.88. The van der Waals surface area contributed by atoms with Crippen LogP contribution in [0.5, 0.6) is 0 Å². The van der Waals surface area contributed by atoms with Gasteiger partial charge in [-0.05, 0) is 50.4 Å². The minimum Gasteiger partial charge on any atom is -0.369 e. The Kier molecular flexibility index (Phi) is 4.37. The second-order valence-electron chi connectivity index (χ2n) is 6.43. The maximum absolute atomic E-state index is 3.88. The van der Waals surface area contributed by atoms with Gasteiger partial charge in [-0.25, -0.2) is 0 Å². The molecule has 1 aromatic rings. The Balaban J connectivity index is 1.86. The van der Waals surface area contributed by atoms with Gasteiger partial charge in [0.05, 0.1) is 0 Å². The van der Waals surface area contributed by atoms with Crippen LogP contribution in [0.2, 0.25) is 0 Å². The zero-order valence-corrected chi connectivity index (χ0v) is 14.0. The molecule has 0 atom stereocenters. The first-order valence-corrected chi connectivity index (χ1v) is 8.75. The highest BCUT2D eigenvalue weighted by Crippen LogP contribution is 2.34. The number of hydrogen-bond acceptors (Lipinski definition) is 2. The number of halogens is 1. The monoisotopic (exact) mass is 336 g/mol. The van der Waals surface area contributed by atoms with Crippen LogP contribution < -0.4 is 10.2 Å². The van der Waals surface area contributed by atoms with E-state index in [2.05, 4.69) is 51.3 Å². The van der Waals surface area contributed by atoms with Crippen LogP contribution >= 0.6 is 15.9 Å². The van der Waals surface area contributed by atoms with Crippen molar-refractivity contribution >= 4 is 21.6 Å². The molecule has 1 saturated heterocycles. The van der Waals surface area contributed by atoms with Gasteiger partial charge in [-0.3, -0.25) is 0 Å². The fourth-order valence-corrected chi connectivity index (χ4v) is 4.19. The molecule has 1 heterocycles. The molecule has 1 saturated carbocycles. The number of hydrogen-bond donors (Lipinski definition) is 1. The van der Waals surface area contributed by atoms with Gasteiger partial charge in [-0.2, -0.15) is 0 Å². The lowest BCUT2D eigenvalue weighted by molar-refractivity contribution is 0.246. The van der Waals surface area contributed by atoms with E-state index in [1.807, 2.05) is 0 Å². The molecule has 1 N–H and O–H groups in total. The van der Waals surface area contributed by atoms with Gasteiger partial charge in [-0.1, -0.05) is 41.3 Å². The van der Waals surface area contributed by atoms with E-state index in [0.717, 1.165) is 0 Å². The van der Waals surface area contributed by atoms with E-state index < -0.39 is 0 Å². The minimum absolute atomic E-state index is 0.365. The molecule has 1 aromatic carbocycles. The summed E-state index contributed by atoms with van der Waals surface area (Å²) in [5.74, 6) is 0. The van der Waals surface area contributed by atoms with Crippen LogP contribution in [0.15, 0.2) is 22.7 Å². The fraction of sp³-hybridized carbons (Fsp3) is 0.647. The third-order valence-corrected chi connectivity index (χ3v) is 5.85. The van der Waals surface area contributed by atoms with Gasteiger partial charge >= 0.3 is 0 Å². The van der Waals surface area contributed by atoms with Gasteiger partial charge < -0.3 is 10.2 Å². The van der Waals surface area contributed by atoms with Crippen molar-refractivity contribution in [2.75, 3.05) is 24.5 Å². The number of benzene rings is 1. The zero-order valence-electron chi connectivity index (χ0n) is 12.4. The average molecular weight is 337 g/mol. The largest absolute Gasteiger partial charge is 0.369 e. The molecule has 0 amide bonds. The number of nitrogens with one attached hydrogen (secondary N) is 1. The summed E-state index contributed by atoms with van der Waals surface area (Å²) in [6.45, 7) is 5.74. The van der Waals surface area contributed by atoms with Crippen molar-refractivity contribution in [2.45, 2.75) is 51.0 Å².